The Balaban J connectivity index is 1.46. The van der Waals surface area contributed by atoms with Gasteiger partial charge in [0.2, 0.25) is 0 Å². The SMILES string of the molecule is C#CCOc1ccc(CCNC(=O)c2csc(Cc3ccccc3)n2)cc1. The Hall–Kier alpha value is -3.10. The van der Waals surface area contributed by atoms with Crippen LogP contribution in [0, 0.1) is 12.3 Å². The number of ether oxygens (including phenoxy) is 1. The van der Waals surface area contributed by atoms with Crippen molar-refractivity contribution in [1.82, 2.24) is 10.3 Å². The number of aromatic nitrogens is 1. The number of carbonyl (C=O) groups is 1. The first-order valence-electron chi connectivity index (χ1n) is 8.66. The van der Waals surface area contributed by atoms with Crippen molar-refractivity contribution in [2.24, 2.45) is 0 Å². The third-order valence-corrected chi connectivity index (χ3v) is 4.78. The molecule has 0 atom stereocenters. The van der Waals surface area contributed by atoms with E-state index in [9.17, 15) is 4.79 Å². The molecule has 0 saturated carbocycles. The van der Waals surface area contributed by atoms with Crippen LogP contribution in [-0.4, -0.2) is 24.0 Å². The zero-order valence-electron chi connectivity index (χ0n) is 14.9. The van der Waals surface area contributed by atoms with Crippen molar-refractivity contribution in [3.8, 4) is 18.1 Å². The number of nitrogens with one attached hydrogen (secondary N) is 1. The van der Waals surface area contributed by atoms with Crippen LogP contribution in [0.15, 0.2) is 60.0 Å². The fourth-order valence-electron chi connectivity index (χ4n) is 2.56. The van der Waals surface area contributed by atoms with Crippen LogP contribution in [0.3, 0.4) is 0 Å². The minimum absolute atomic E-state index is 0.139. The summed E-state index contributed by atoms with van der Waals surface area (Å²) in [6.45, 7) is 0.810. The molecule has 2 aromatic carbocycles. The van der Waals surface area contributed by atoms with Crippen LogP contribution in [0.1, 0.15) is 26.6 Å². The third kappa shape index (κ3) is 5.70. The highest BCUT2D eigenvalue weighted by atomic mass is 32.1. The van der Waals surface area contributed by atoms with Gasteiger partial charge >= 0.3 is 0 Å². The molecule has 5 heteroatoms. The predicted molar refractivity (Wildman–Crippen MR) is 108 cm³/mol. The molecule has 0 spiro atoms. The Morgan fingerprint density at radius 1 is 1.11 bits per heavy atom. The van der Waals surface area contributed by atoms with Gasteiger partial charge in [0.25, 0.3) is 5.91 Å². The van der Waals surface area contributed by atoms with Crippen molar-refractivity contribution in [2.75, 3.05) is 13.2 Å². The molecule has 0 radical (unpaired) electrons. The molecule has 0 aliphatic heterocycles. The van der Waals surface area contributed by atoms with Crippen molar-refractivity contribution >= 4 is 17.2 Å². The van der Waals surface area contributed by atoms with Crippen molar-refractivity contribution in [3.05, 3.63) is 81.8 Å². The predicted octanol–water partition coefficient (Wildman–Crippen LogP) is 3.72. The normalized spacial score (nSPS) is 10.2. The van der Waals surface area contributed by atoms with Gasteiger partial charge in [0.05, 0.1) is 5.01 Å². The summed E-state index contributed by atoms with van der Waals surface area (Å²) < 4.78 is 5.34. The lowest BCUT2D eigenvalue weighted by molar-refractivity contribution is 0.0949. The minimum atomic E-state index is -0.139. The molecule has 1 aromatic heterocycles. The number of hydrogen-bond donors (Lipinski definition) is 1. The van der Waals surface area contributed by atoms with Gasteiger partial charge in [-0.2, -0.15) is 0 Å². The summed E-state index contributed by atoms with van der Waals surface area (Å²) in [5.41, 5.74) is 2.78. The van der Waals surface area contributed by atoms with Crippen LogP contribution >= 0.6 is 11.3 Å². The number of nitrogens with zero attached hydrogens (tertiary/aromatic N) is 1. The largest absolute Gasteiger partial charge is 0.481 e. The van der Waals surface area contributed by atoms with Crippen LogP contribution in [0.25, 0.3) is 0 Å². The second-order valence-electron chi connectivity index (χ2n) is 5.93. The van der Waals surface area contributed by atoms with E-state index in [-0.39, 0.29) is 12.5 Å². The molecule has 0 saturated heterocycles. The minimum Gasteiger partial charge on any atom is -0.481 e. The van der Waals surface area contributed by atoms with Gasteiger partial charge in [0, 0.05) is 18.3 Å². The summed E-state index contributed by atoms with van der Waals surface area (Å²) in [5, 5.41) is 5.67. The molecule has 1 heterocycles. The van der Waals surface area contributed by atoms with E-state index >= 15 is 0 Å². The second kappa shape index (κ2) is 9.56. The smallest absolute Gasteiger partial charge is 0.270 e. The Morgan fingerprint density at radius 2 is 1.89 bits per heavy atom. The Kier molecular flexibility index (Phi) is 6.61. The summed E-state index contributed by atoms with van der Waals surface area (Å²) in [5.74, 6) is 3.04. The molecule has 27 heavy (non-hydrogen) atoms. The molecule has 0 fully saturated rings. The maximum Gasteiger partial charge on any atom is 0.270 e. The number of rotatable bonds is 8. The molecule has 0 aliphatic carbocycles. The molecule has 3 rings (SSSR count). The first kappa shape index (κ1) is 18.7. The van der Waals surface area contributed by atoms with Gasteiger partial charge in [-0.1, -0.05) is 48.4 Å². The van der Waals surface area contributed by atoms with Gasteiger partial charge < -0.3 is 10.1 Å². The maximum atomic E-state index is 12.3. The van der Waals surface area contributed by atoms with E-state index in [1.54, 1.807) is 0 Å². The van der Waals surface area contributed by atoms with Crippen LogP contribution < -0.4 is 10.1 Å². The average molecular weight is 376 g/mol. The highest BCUT2D eigenvalue weighted by molar-refractivity contribution is 7.09. The van der Waals surface area contributed by atoms with E-state index in [4.69, 9.17) is 11.2 Å². The lowest BCUT2D eigenvalue weighted by Crippen LogP contribution is -2.26. The quantitative estimate of drug-likeness (QED) is 0.610. The lowest BCUT2D eigenvalue weighted by atomic mass is 10.1. The molecular weight excluding hydrogens is 356 g/mol. The van der Waals surface area contributed by atoms with Crippen molar-refractivity contribution in [1.29, 1.82) is 0 Å². The fraction of sp³-hybridized carbons (Fsp3) is 0.182. The third-order valence-electron chi connectivity index (χ3n) is 3.93. The number of carbonyl (C=O) groups excluding carboxylic acids is 1. The zero-order valence-corrected chi connectivity index (χ0v) is 15.7. The Labute approximate surface area is 163 Å². The van der Waals surface area contributed by atoms with Crippen LogP contribution in [-0.2, 0) is 12.8 Å². The van der Waals surface area contributed by atoms with Crippen molar-refractivity contribution in [2.45, 2.75) is 12.8 Å². The maximum absolute atomic E-state index is 12.3. The molecular formula is C22H20N2O2S. The molecule has 136 valence electrons. The van der Waals surface area contributed by atoms with Gasteiger partial charge in [-0.25, -0.2) is 4.98 Å². The van der Waals surface area contributed by atoms with Gasteiger partial charge in [0.1, 0.15) is 18.1 Å². The van der Waals surface area contributed by atoms with Gasteiger partial charge in [-0.15, -0.1) is 17.8 Å². The van der Waals surface area contributed by atoms with E-state index in [0.717, 1.165) is 29.2 Å². The average Bonchev–Trinajstić information content (AvgIpc) is 3.17. The van der Waals surface area contributed by atoms with E-state index < -0.39 is 0 Å². The van der Waals surface area contributed by atoms with Gasteiger partial charge in [-0.05, 0) is 29.7 Å². The van der Waals surface area contributed by atoms with Gasteiger partial charge in [-0.3, -0.25) is 4.79 Å². The molecule has 0 aliphatic rings. The number of thiazole rings is 1. The number of hydrogen-bond acceptors (Lipinski definition) is 4. The summed E-state index contributed by atoms with van der Waals surface area (Å²) in [4.78, 5) is 16.7. The summed E-state index contributed by atoms with van der Waals surface area (Å²) in [7, 11) is 0. The molecule has 0 unspecified atom stereocenters. The molecule has 0 bridgehead atoms. The van der Waals surface area contributed by atoms with Crippen molar-refractivity contribution < 1.29 is 9.53 Å². The van der Waals surface area contributed by atoms with Gasteiger partial charge in [0.15, 0.2) is 0 Å². The van der Waals surface area contributed by atoms with E-state index in [1.165, 1.54) is 16.9 Å². The highest BCUT2D eigenvalue weighted by Gasteiger charge is 2.10. The Morgan fingerprint density at radius 3 is 2.63 bits per heavy atom. The zero-order chi connectivity index (χ0) is 18.9. The Bertz CT molecular complexity index is 911. The first-order chi connectivity index (χ1) is 13.2. The summed E-state index contributed by atoms with van der Waals surface area (Å²) >= 11 is 1.51. The number of benzene rings is 2. The van der Waals surface area contributed by atoms with Crippen LogP contribution in [0.4, 0.5) is 0 Å². The molecule has 3 aromatic rings. The second-order valence-corrected chi connectivity index (χ2v) is 6.87. The molecule has 1 N–H and O–H groups in total. The lowest BCUT2D eigenvalue weighted by Gasteiger charge is -2.06. The van der Waals surface area contributed by atoms with E-state index in [2.05, 4.69) is 28.4 Å². The summed E-state index contributed by atoms with van der Waals surface area (Å²) in [6, 6.07) is 17.8. The number of amides is 1. The van der Waals surface area contributed by atoms with Crippen LogP contribution in [0.5, 0.6) is 5.75 Å². The fourth-order valence-corrected chi connectivity index (χ4v) is 3.36. The summed E-state index contributed by atoms with van der Waals surface area (Å²) in [6.07, 6.45) is 6.65. The monoisotopic (exact) mass is 376 g/mol. The molecule has 1 amide bonds. The van der Waals surface area contributed by atoms with Crippen molar-refractivity contribution in [3.63, 3.8) is 0 Å². The topological polar surface area (TPSA) is 51.2 Å². The van der Waals surface area contributed by atoms with E-state index in [0.29, 0.717) is 12.2 Å². The van der Waals surface area contributed by atoms with Crippen LogP contribution in [0.2, 0.25) is 0 Å². The molecule has 4 nitrogen and oxygen atoms in total. The first-order valence-corrected chi connectivity index (χ1v) is 9.54. The highest BCUT2D eigenvalue weighted by Crippen LogP contribution is 2.15. The standard InChI is InChI=1S/C22H20N2O2S/c1-2-14-26-19-10-8-17(9-11-19)12-13-23-22(25)20-16-27-21(24-20)15-18-6-4-3-5-7-18/h1,3-11,16H,12-15H2,(H,23,25). The van der Waals surface area contributed by atoms with E-state index in [1.807, 2.05) is 47.8 Å². The number of terminal acetylenes is 1.